The second kappa shape index (κ2) is 5.86. The molecule has 0 heterocycles. The average molecular weight is 277 g/mol. The lowest BCUT2D eigenvalue weighted by Gasteiger charge is -2.13. The Morgan fingerprint density at radius 3 is 2.29 bits per heavy atom. The van der Waals surface area contributed by atoms with Gasteiger partial charge in [-0.05, 0) is 12.1 Å². The Balaban J connectivity index is 2.94. The molecule has 0 radical (unpaired) electrons. The molecule has 92 valence electrons. The van der Waals surface area contributed by atoms with Gasteiger partial charge in [-0.2, -0.15) is 0 Å². The van der Waals surface area contributed by atoms with Crippen LogP contribution in [0.4, 0.5) is 0 Å². The molecule has 7 heteroatoms. The fourth-order valence-electron chi connectivity index (χ4n) is 1.17. The first-order valence-corrected chi connectivity index (χ1v) is 5.40. The van der Waals surface area contributed by atoms with Gasteiger partial charge in [0, 0.05) is 6.54 Å². The smallest absolute Gasteiger partial charge is 0.327 e. The first kappa shape index (κ1) is 13.8. The van der Waals surface area contributed by atoms with Crippen LogP contribution in [0.1, 0.15) is 10.4 Å². The minimum atomic E-state index is -1.22. The van der Waals surface area contributed by atoms with E-state index < -0.39 is 17.9 Å². The molecule has 1 aromatic carbocycles. The lowest BCUT2D eigenvalue weighted by Crippen LogP contribution is -2.45. The summed E-state index contributed by atoms with van der Waals surface area (Å²) >= 11 is 11.6. The summed E-state index contributed by atoms with van der Waals surface area (Å²) in [4.78, 5) is 22.5. The van der Waals surface area contributed by atoms with Crippen molar-refractivity contribution in [3.05, 3.63) is 33.8 Å². The Kier molecular flexibility index (Phi) is 4.74. The number of amides is 1. The highest BCUT2D eigenvalue weighted by Crippen LogP contribution is 2.23. The Morgan fingerprint density at radius 1 is 1.35 bits per heavy atom. The van der Waals surface area contributed by atoms with Crippen molar-refractivity contribution in [2.75, 3.05) is 6.54 Å². The van der Waals surface area contributed by atoms with Gasteiger partial charge in [-0.3, -0.25) is 4.79 Å². The fraction of sp³-hybridized carbons (Fsp3) is 0.200. The zero-order valence-electron chi connectivity index (χ0n) is 8.61. The van der Waals surface area contributed by atoms with Crippen molar-refractivity contribution in [1.29, 1.82) is 0 Å². The molecule has 5 nitrogen and oxygen atoms in total. The first-order valence-electron chi connectivity index (χ1n) is 4.65. The molecular weight excluding hydrogens is 267 g/mol. The molecule has 0 bridgehead atoms. The molecule has 0 aliphatic rings. The monoisotopic (exact) mass is 276 g/mol. The van der Waals surface area contributed by atoms with Crippen molar-refractivity contribution in [3.8, 4) is 0 Å². The van der Waals surface area contributed by atoms with E-state index in [1.165, 1.54) is 12.1 Å². The molecule has 0 fully saturated rings. The van der Waals surface area contributed by atoms with Crippen molar-refractivity contribution in [1.82, 2.24) is 5.32 Å². The Bertz CT molecular complexity index is 431. The molecule has 1 atom stereocenters. The Morgan fingerprint density at radius 2 is 1.88 bits per heavy atom. The first-order chi connectivity index (χ1) is 7.97. The summed E-state index contributed by atoms with van der Waals surface area (Å²) in [5.74, 6) is -1.89. The molecule has 0 aromatic heterocycles. The number of benzene rings is 1. The summed E-state index contributed by atoms with van der Waals surface area (Å²) in [6, 6.07) is 3.38. The van der Waals surface area contributed by atoms with E-state index in [4.69, 9.17) is 34.0 Å². The van der Waals surface area contributed by atoms with Crippen molar-refractivity contribution in [2.45, 2.75) is 6.04 Å². The lowest BCUT2D eigenvalue weighted by atomic mass is 10.2. The van der Waals surface area contributed by atoms with Crippen LogP contribution in [-0.2, 0) is 4.79 Å². The van der Waals surface area contributed by atoms with Gasteiger partial charge in [0.25, 0.3) is 5.91 Å². The zero-order chi connectivity index (χ0) is 13.0. The van der Waals surface area contributed by atoms with Crippen LogP contribution < -0.4 is 11.1 Å². The number of hydrogen-bond donors (Lipinski definition) is 3. The molecule has 0 aliphatic heterocycles. The van der Waals surface area contributed by atoms with Gasteiger partial charge in [-0.25, -0.2) is 4.79 Å². The minimum absolute atomic E-state index is 0.0375. The highest BCUT2D eigenvalue weighted by atomic mass is 35.5. The van der Waals surface area contributed by atoms with E-state index in [0.717, 1.165) is 0 Å². The fourth-order valence-corrected chi connectivity index (χ4v) is 1.74. The van der Waals surface area contributed by atoms with Crippen molar-refractivity contribution in [3.63, 3.8) is 0 Å². The third kappa shape index (κ3) is 3.33. The number of carbonyl (C=O) groups is 2. The molecule has 0 spiro atoms. The van der Waals surface area contributed by atoms with Crippen LogP contribution >= 0.6 is 23.2 Å². The number of nitrogens with two attached hydrogens (primary N) is 1. The molecule has 4 N–H and O–H groups in total. The molecule has 1 rings (SSSR count). The maximum absolute atomic E-state index is 11.8. The van der Waals surface area contributed by atoms with Gasteiger partial charge in [0.1, 0.15) is 6.04 Å². The van der Waals surface area contributed by atoms with Gasteiger partial charge >= 0.3 is 5.97 Å². The van der Waals surface area contributed by atoms with Gasteiger partial charge in [0.15, 0.2) is 0 Å². The molecule has 1 aromatic rings. The number of aliphatic carboxylic acids is 1. The van der Waals surface area contributed by atoms with Gasteiger partial charge in [0.2, 0.25) is 0 Å². The molecule has 0 saturated carbocycles. The van der Waals surface area contributed by atoms with E-state index in [9.17, 15) is 9.59 Å². The van der Waals surface area contributed by atoms with E-state index in [-0.39, 0.29) is 22.2 Å². The highest BCUT2D eigenvalue weighted by Gasteiger charge is 2.21. The minimum Gasteiger partial charge on any atom is -0.480 e. The SMILES string of the molecule is NC[C@H](NC(=O)c1c(Cl)cccc1Cl)C(=O)O. The maximum atomic E-state index is 11.8. The summed E-state index contributed by atoms with van der Waals surface area (Å²) in [6.07, 6.45) is 0. The molecule has 17 heavy (non-hydrogen) atoms. The number of rotatable bonds is 4. The van der Waals surface area contributed by atoms with Crippen LogP contribution in [0.25, 0.3) is 0 Å². The number of hydrogen-bond acceptors (Lipinski definition) is 3. The second-order valence-electron chi connectivity index (χ2n) is 3.20. The Labute approximate surface area is 108 Å². The number of carboxylic acids is 1. The van der Waals surface area contributed by atoms with E-state index >= 15 is 0 Å². The van der Waals surface area contributed by atoms with Crippen LogP contribution in [0.15, 0.2) is 18.2 Å². The second-order valence-corrected chi connectivity index (χ2v) is 4.01. The number of nitrogens with one attached hydrogen (secondary N) is 1. The number of carbonyl (C=O) groups excluding carboxylic acids is 1. The third-order valence-corrected chi connectivity index (χ3v) is 2.66. The summed E-state index contributed by atoms with van der Waals surface area (Å²) in [7, 11) is 0. The third-order valence-electron chi connectivity index (χ3n) is 2.03. The zero-order valence-corrected chi connectivity index (χ0v) is 10.1. The predicted octanol–water partition coefficient (Wildman–Crippen LogP) is 1.14. The quantitative estimate of drug-likeness (QED) is 0.769. The van der Waals surface area contributed by atoms with Crippen LogP contribution in [0, 0.1) is 0 Å². The Hall–Kier alpha value is -1.30. The van der Waals surface area contributed by atoms with Crippen molar-refractivity contribution in [2.24, 2.45) is 5.73 Å². The van der Waals surface area contributed by atoms with Gasteiger partial charge in [-0.1, -0.05) is 29.3 Å². The lowest BCUT2D eigenvalue weighted by molar-refractivity contribution is -0.138. The van der Waals surface area contributed by atoms with Crippen LogP contribution in [0.5, 0.6) is 0 Å². The van der Waals surface area contributed by atoms with Crippen molar-refractivity contribution < 1.29 is 14.7 Å². The topological polar surface area (TPSA) is 92.4 Å². The average Bonchev–Trinajstić information content (AvgIpc) is 2.25. The predicted molar refractivity (Wildman–Crippen MR) is 64.4 cm³/mol. The van der Waals surface area contributed by atoms with E-state index in [1.807, 2.05) is 0 Å². The molecule has 0 unspecified atom stereocenters. The normalized spacial score (nSPS) is 11.9. The molecule has 0 saturated heterocycles. The summed E-state index contributed by atoms with van der Waals surface area (Å²) in [5.41, 5.74) is 5.25. The largest absolute Gasteiger partial charge is 0.480 e. The van der Waals surface area contributed by atoms with Gasteiger partial charge in [0.05, 0.1) is 15.6 Å². The van der Waals surface area contributed by atoms with Crippen LogP contribution in [0.3, 0.4) is 0 Å². The highest BCUT2D eigenvalue weighted by molar-refractivity contribution is 6.39. The van der Waals surface area contributed by atoms with E-state index in [0.29, 0.717) is 0 Å². The van der Waals surface area contributed by atoms with Crippen LogP contribution in [0.2, 0.25) is 10.0 Å². The maximum Gasteiger partial charge on any atom is 0.327 e. The standard InChI is InChI=1S/C10H10Cl2N2O3/c11-5-2-1-3-6(12)8(5)9(15)14-7(4-13)10(16)17/h1-3,7H,4,13H2,(H,14,15)(H,16,17)/t7-/m0/s1. The van der Waals surface area contributed by atoms with Gasteiger partial charge < -0.3 is 16.2 Å². The molecular formula is C10H10Cl2N2O3. The number of carboxylic acid groups (broad SMARTS) is 1. The molecule has 1 amide bonds. The van der Waals surface area contributed by atoms with Crippen molar-refractivity contribution >= 4 is 35.1 Å². The summed E-state index contributed by atoms with van der Waals surface area (Å²) in [5, 5.41) is 11.3. The van der Waals surface area contributed by atoms with Crippen LogP contribution in [-0.4, -0.2) is 29.6 Å². The summed E-state index contributed by atoms with van der Waals surface area (Å²) in [6.45, 7) is -0.219. The summed E-state index contributed by atoms with van der Waals surface area (Å²) < 4.78 is 0. The van der Waals surface area contributed by atoms with E-state index in [1.54, 1.807) is 6.07 Å². The van der Waals surface area contributed by atoms with E-state index in [2.05, 4.69) is 5.32 Å². The molecule has 0 aliphatic carbocycles. The number of halogens is 2. The van der Waals surface area contributed by atoms with Gasteiger partial charge in [-0.15, -0.1) is 0 Å².